The Morgan fingerprint density at radius 1 is 1.37 bits per heavy atom. The standard InChI is InChI=1S/C14H21N3OS/c1-11-8-12(10-15-13-2-3-13)9-14(16-11)17-4-6-19(18)7-5-17/h8-9,13,15H,2-7,10H2,1H3. The average Bonchev–Trinajstić information content (AvgIpc) is 3.20. The highest BCUT2D eigenvalue weighted by Gasteiger charge is 2.21. The molecule has 0 aromatic carbocycles. The molecule has 0 amide bonds. The first kappa shape index (κ1) is 13.1. The van der Waals surface area contributed by atoms with E-state index >= 15 is 0 Å². The lowest BCUT2D eigenvalue weighted by Crippen LogP contribution is -2.38. The van der Waals surface area contributed by atoms with Gasteiger partial charge in [0.25, 0.3) is 0 Å². The van der Waals surface area contributed by atoms with Crippen molar-refractivity contribution >= 4 is 16.6 Å². The van der Waals surface area contributed by atoms with Crippen LogP contribution in [0.4, 0.5) is 5.82 Å². The molecule has 104 valence electrons. The second-order valence-electron chi connectivity index (χ2n) is 5.47. The summed E-state index contributed by atoms with van der Waals surface area (Å²) in [5.41, 5.74) is 2.37. The van der Waals surface area contributed by atoms with E-state index in [-0.39, 0.29) is 0 Å². The quantitative estimate of drug-likeness (QED) is 0.900. The Bertz CT molecular complexity index is 478. The summed E-state index contributed by atoms with van der Waals surface area (Å²) >= 11 is 0. The fraction of sp³-hybridized carbons (Fsp3) is 0.643. The average molecular weight is 279 g/mol. The largest absolute Gasteiger partial charge is 0.355 e. The maximum absolute atomic E-state index is 11.4. The van der Waals surface area contributed by atoms with Gasteiger partial charge in [-0.25, -0.2) is 4.98 Å². The van der Waals surface area contributed by atoms with Gasteiger partial charge in [-0.2, -0.15) is 0 Å². The Balaban J connectivity index is 1.70. The van der Waals surface area contributed by atoms with E-state index in [9.17, 15) is 4.21 Å². The van der Waals surface area contributed by atoms with Crippen LogP contribution in [0.3, 0.4) is 0 Å². The summed E-state index contributed by atoms with van der Waals surface area (Å²) < 4.78 is 11.4. The molecule has 0 spiro atoms. The van der Waals surface area contributed by atoms with Crippen molar-refractivity contribution in [2.24, 2.45) is 0 Å². The van der Waals surface area contributed by atoms with Crippen LogP contribution in [-0.2, 0) is 17.3 Å². The fourth-order valence-corrected chi connectivity index (χ4v) is 3.45. The SMILES string of the molecule is Cc1cc(CNC2CC2)cc(N2CCS(=O)CC2)n1. The van der Waals surface area contributed by atoms with Gasteiger partial charge in [-0.15, -0.1) is 0 Å². The lowest BCUT2D eigenvalue weighted by molar-refractivity contribution is 0.671. The Kier molecular flexibility index (Phi) is 3.84. The summed E-state index contributed by atoms with van der Waals surface area (Å²) in [6, 6.07) is 5.06. The van der Waals surface area contributed by atoms with Crippen molar-refractivity contribution < 1.29 is 4.21 Å². The molecule has 0 atom stereocenters. The third-order valence-corrected chi connectivity index (χ3v) is 4.95. The molecular formula is C14H21N3OS. The van der Waals surface area contributed by atoms with Crippen LogP contribution in [0, 0.1) is 6.92 Å². The molecule has 19 heavy (non-hydrogen) atoms. The number of rotatable bonds is 4. The van der Waals surface area contributed by atoms with Crippen molar-refractivity contribution in [3.8, 4) is 0 Å². The van der Waals surface area contributed by atoms with Crippen molar-refractivity contribution in [2.45, 2.75) is 32.4 Å². The van der Waals surface area contributed by atoms with Gasteiger partial charge >= 0.3 is 0 Å². The van der Waals surface area contributed by atoms with Gasteiger partial charge < -0.3 is 10.2 Å². The predicted octanol–water partition coefficient (Wildman–Crippen LogP) is 1.21. The van der Waals surface area contributed by atoms with Gasteiger partial charge in [0.1, 0.15) is 5.82 Å². The predicted molar refractivity (Wildman–Crippen MR) is 78.9 cm³/mol. The Morgan fingerprint density at radius 2 is 2.11 bits per heavy atom. The van der Waals surface area contributed by atoms with Gasteiger partial charge in [-0.1, -0.05) is 0 Å². The first-order valence-corrected chi connectivity index (χ1v) is 8.50. The molecule has 0 radical (unpaired) electrons. The molecule has 1 saturated carbocycles. The minimum atomic E-state index is -0.628. The maximum Gasteiger partial charge on any atom is 0.129 e. The summed E-state index contributed by atoms with van der Waals surface area (Å²) in [6.45, 7) is 4.70. The minimum Gasteiger partial charge on any atom is -0.355 e. The number of hydrogen-bond acceptors (Lipinski definition) is 4. The molecule has 5 heteroatoms. The number of aromatic nitrogens is 1. The van der Waals surface area contributed by atoms with Crippen molar-refractivity contribution in [1.82, 2.24) is 10.3 Å². The van der Waals surface area contributed by atoms with E-state index < -0.39 is 10.8 Å². The first-order chi connectivity index (χ1) is 9.20. The highest BCUT2D eigenvalue weighted by atomic mass is 32.2. The van der Waals surface area contributed by atoms with Crippen LogP contribution in [0.5, 0.6) is 0 Å². The summed E-state index contributed by atoms with van der Waals surface area (Å²) in [4.78, 5) is 6.88. The molecule has 1 aromatic heterocycles. The van der Waals surface area contributed by atoms with Crippen molar-refractivity contribution in [3.05, 3.63) is 23.4 Å². The third kappa shape index (κ3) is 3.54. The van der Waals surface area contributed by atoms with E-state index in [0.29, 0.717) is 0 Å². The van der Waals surface area contributed by atoms with Gasteiger partial charge in [0.15, 0.2) is 0 Å². The second kappa shape index (κ2) is 5.59. The van der Waals surface area contributed by atoms with Crippen LogP contribution in [0.1, 0.15) is 24.1 Å². The van der Waals surface area contributed by atoms with Crippen LogP contribution in [0.25, 0.3) is 0 Å². The number of hydrogen-bond donors (Lipinski definition) is 1. The number of nitrogens with one attached hydrogen (secondary N) is 1. The monoisotopic (exact) mass is 279 g/mol. The molecule has 4 nitrogen and oxygen atoms in total. The van der Waals surface area contributed by atoms with Crippen molar-refractivity contribution in [2.75, 3.05) is 29.5 Å². The molecule has 3 rings (SSSR count). The van der Waals surface area contributed by atoms with Crippen molar-refractivity contribution in [3.63, 3.8) is 0 Å². The topological polar surface area (TPSA) is 45.2 Å². The Morgan fingerprint density at radius 3 is 2.79 bits per heavy atom. The summed E-state index contributed by atoms with van der Waals surface area (Å²) in [5, 5.41) is 3.54. The van der Waals surface area contributed by atoms with Gasteiger partial charge in [-0.3, -0.25) is 4.21 Å². The van der Waals surface area contributed by atoms with E-state index in [0.717, 1.165) is 48.7 Å². The maximum atomic E-state index is 11.4. The number of pyridine rings is 1. The molecule has 2 heterocycles. The number of aryl methyl sites for hydroxylation is 1. The molecule has 1 aliphatic carbocycles. The van der Waals surface area contributed by atoms with Crippen LogP contribution in [0.15, 0.2) is 12.1 Å². The normalized spacial score (nSPS) is 20.8. The lowest BCUT2D eigenvalue weighted by Gasteiger charge is -2.28. The molecule has 0 bridgehead atoms. The van der Waals surface area contributed by atoms with E-state index in [1.807, 2.05) is 6.92 Å². The number of nitrogens with zero attached hydrogens (tertiary/aromatic N) is 2. The van der Waals surface area contributed by atoms with Crippen molar-refractivity contribution in [1.29, 1.82) is 0 Å². The van der Waals surface area contributed by atoms with Crippen LogP contribution in [-0.4, -0.2) is 39.8 Å². The molecular weight excluding hydrogens is 258 g/mol. The molecule has 1 aliphatic heterocycles. The zero-order valence-corrected chi connectivity index (χ0v) is 12.2. The van der Waals surface area contributed by atoms with Gasteiger partial charge in [0.05, 0.1) is 0 Å². The zero-order chi connectivity index (χ0) is 13.2. The molecule has 1 aromatic rings. The summed E-state index contributed by atoms with van der Waals surface area (Å²) in [7, 11) is -0.628. The van der Waals surface area contributed by atoms with E-state index in [1.165, 1.54) is 18.4 Å². The van der Waals surface area contributed by atoms with Gasteiger partial charge in [0, 0.05) is 53.7 Å². The van der Waals surface area contributed by atoms with Gasteiger partial charge in [-0.05, 0) is 37.5 Å². The molecule has 1 saturated heterocycles. The minimum absolute atomic E-state index is 0.628. The lowest BCUT2D eigenvalue weighted by atomic mass is 10.2. The molecule has 2 aliphatic rings. The highest BCUT2D eigenvalue weighted by Crippen LogP contribution is 2.21. The van der Waals surface area contributed by atoms with E-state index in [1.54, 1.807) is 0 Å². The molecule has 0 unspecified atom stereocenters. The summed E-state index contributed by atoms with van der Waals surface area (Å²) in [6.07, 6.45) is 2.63. The summed E-state index contributed by atoms with van der Waals surface area (Å²) in [5.74, 6) is 2.58. The van der Waals surface area contributed by atoms with Crippen LogP contribution < -0.4 is 10.2 Å². The first-order valence-electron chi connectivity index (χ1n) is 7.01. The smallest absolute Gasteiger partial charge is 0.129 e. The van der Waals surface area contributed by atoms with Crippen LogP contribution in [0.2, 0.25) is 0 Å². The number of anilines is 1. The van der Waals surface area contributed by atoms with E-state index in [4.69, 9.17) is 0 Å². The Hall–Kier alpha value is -0.940. The molecule has 2 fully saturated rings. The van der Waals surface area contributed by atoms with Gasteiger partial charge in [0.2, 0.25) is 0 Å². The molecule has 1 N–H and O–H groups in total. The highest BCUT2D eigenvalue weighted by molar-refractivity contribution is 7.85. The fourth-order valence-electron chi connectivity index (χ4n) is 2.40. The van der Waals surface area contributed by atoms with Crippen LogP contribution >= 0.6 is 0 Å². The zero-order valence-electron chi connectivity index (χ0n) is 11.4. The second-order valence-corrected chi connectivity index (χ2v) is 7.16. The Labute approximate surface area is 117 Å². The van der Waals surface area contributed by atoms with E-state index in [2.05, 4.69) is 27.3 Å². The third-order valence-electron chi connectivity index (χ3n) is 3.67.